The second-order valence-corrected chi connectivity index (χ2v) is 5.61. The summed E-state index contributed by atoms with van der Waals surface area (Å²) in [5, 5.41) is 0. The van der Waals surface area contributed by atoms with Gasteiger partial charge in [0.05, 0.1) is 7.11 Å². The minimum absolute atomic E-state index is 0.594. The van der Waals surface area contributed by atoms with E-state index in [1.807, 2.05) is 0 Å². The van der Waals surface area contributed by atoms with Crippen LogP contribution in [0.4, 0.5) is 5.95 Å². The molecule has 2 aliphatic rings. The smallest absolute Gasteiger partial charge is 0.228 e. The highest BCUT2D eigenvalue weighted by molar-refractivity contribution is 5.35. The number of piperidine rings is 2. The van der Waals surface area contributed by atoms with E-state index in [0.29, 0.717) is 11.9 Å². The maximum Gasteiger partial charge on any atom is 0.228 e. The summed E-state index contributed by atoms with van der Waals surface area (Å²) < 4.78 is 5.21. The fourth-order valence-corrected chi connectivity index (χ4v) is 3.42. The number of fused-ring (bicyclic) bond motifs is 1. The third-order valence-electron chi connectivity index (χ3n) is 4.35. The summed E-state index contributed by atoms with van der Waals surface area (Å²) >= 11 is 0. The van der Waals surface area contributed by atoms with Crippen molar-refractivity contribution in [2.75, 3.05) is 38.7 Å². The van der Waals surface area contributed by atoms with Gasteiger partial charge < -0.3 is 14.5 Å². The molecule has 3 heterocycles. The van der Waals surface area contributed by atoms with Crippen LogP contribution in [0.25, 0.3) is 0 Å². The summed E-state index contributed by atoms with van der Waals surface area (Å²) in [5.74, 6) is 2.24. The fourth-order valence-electron chi connectivity index (χ4n) is 3.42. The van der Waals surface area contributed by atoms with Gasteiger partial charge in [-0.25, -0.2) is 4.98 Å². The number of nitrogens with zero attached hydrogens (tertiary/aromatic N) is 4. The van der Waals surface area contributed by atoms with E-state index in [2.05, 4.69) is 26.8 Å². The molecule has 0 radical (unpaired) electrons. The Morgan fingerprint density at radius 1 is 1.32 bits per heavy atom. The van der Waals surface area contributed by atoms with E-state index < -0.39 is 0 Å². The van der Waals surface area contributed by atoms with Gasteiger partial charge in [-0.2, -0.15) is 4.98 Å². The molecular weight excluding hydrogens is 240 g/mol. The van der Waals surface area contributed by atoms with Crippen LogP contribution in [0.2, 0.25) is 0 Å². The lowest BCUT2D eigenvalue weighted by Crippen LogP contribution is -2.53. The van der Waals surface area contributed by atoms with Crippen LogP contribution in [0.3, 0.4) is 0 Å². The first-order valence-corrected chi connectivity index (χ1v) is 7.10. The van der Waals surface area contributed by atoms with Crippen LogP contribution in [0.15, 0.2) is 12.3 Å². The van der Waals surface area contributed by atoms with Gasteiger partial charge in [-0.3, -0.25) is 0 Å². The van der Waals surface area contributed by atoms with Crippen molar-refractivity contribution in [3.8, 4) is 5.88 Å². The zero-order chi connectivity index (χ0) is 13.2. The van der Waals surface area contributed by atoms with E-state index >= 15 is 0 Å². The Morgan fingerprint density at radius 2 is 2.21 bits per heavy atom. The Kier molecular flexibility index (Phi) is 3.55. The Morgan fingerprint density at radius 3 is 3.05 bits per heavy atom. The molecule has 2 fully saturated rings. The highest BCUT2D eigenvalue weighted by Crippen LogP contribution is 2.32. The van der Waals surface area contributed by atoms with Crippen LogP contribution in [-0.4, -0.2) is 54.7 Å². The third kappa shape index (κ3) is 2.52. The van der Waals surface area contributed by atoms with Gasteiger partial charge in [-0.05, 0) is 38.8 Å². The van der Waals surface area contributed by atoms with Crippen molar-refractivity contribution in [3.05, 3.63) is 12.3 Å². The van der Waals surface area contributed by atoms with Gasteiger partial charge in [0, 0.05) is 31.4 Å². The SMILES string of the molecule is COc1ccnc(N2CCC[C@H]3CN(C)CC[C@@H]32)n1. The average molecular weight is 262 g/mol. The maximum absolute atomic E-state index is 5.21. The van der Waals surface area contributed by atoms with Crippen molar-refractivity contribution in [1.29, 1.82) is 0 Å². The van der Waals surface area contributed by atoms with E-state index in [-0.39, 0.29) is 0 Å². The number of methoxy groups -OCH3 is 1. The average Bonchev–Trinajstić information content (AvgIpc) is 2.46. The van der Waals surface area contributed by atoms with E-state index in [1.165, 1.54) is 32.4 Å². The van der Waals surface area contributed by atoms with Gasteiger partial charge in [-0.1, -0.05) is 0 Å². The van der Waals surface area contributed by atoms with Crippen molar-refractivity contribution in [3.63, 3.8) is 0 Å². The Labute approximate surface area is 114 Å². The topological polar surface area (TPSA) is 41.5 Å². The molecule has 0 aliphatic carbocycles. The molecular formula is C14H22N4O. The normalized spacial score (nSPS) is 28.0. The van der Waals surface area contributed by atoms with Gasteiger partial charge in [0.25, 0.3) is 0 Å². The Hall–Kier alpha value is -1.36. The molecule has 0 bridgehead atoms. The number of hydrogen-bond donors (Lipinski definition) is 0. The van der Waals surface area contributed by atoms with Gasteiger partial charge in [0.1, 0.15) is 0 Å². The molecule has 2 atom stereocenters. The molecule has 104 valence electrons. The molecule has 1 aromatic rings. The van der Waals surface area contributed by atoms with E-state index in [1.54, 1.807) is 19.4 Å². The lowest BCUT2D eigenvalue weighted by atomic mass is 9.84. The van der Waals surface area contributed by atoms with Crippen LogP contribution >= 0.6 is 0 Å². The molecule has 0 aromatic carbocycles. The van der Waals surface area contributed by atoms with Gasteiger partial charge in [-0.15, -0.1) is 0 Å². The van der Waals surface area contributed by atoms with Gasteiger partial charge >= 0.3 is 0 Å². The molecule has 2 saturated heterocycles. The van der Waals surface area contributed by atoms with E-state index in [0.717, 1.165) is 18.4 Å². The van der Waals surface area contributed by atoms with E-state index in [4.69, 9.17) is 4.74 Å². The number of hydrogen-bond acceptors (Lipinski definition) is 5. The first kappa shape index (κ1) is 12.7. The van der Waals surface area contributed by atoms with Crippen molar-refractivity contribution >= 4 is 5.95 Å². The number of anilines is 1. The van der Waals surface area contributed by atoms with Crippen molar-refractivity contribution in [1.82, 2.24) is 14.9 Å². The van der Waals surface area contributed by atoms with Crippen molar-refractivity contribution < 1.29 is 4.74 Å². The fraction of sp³-hybridized carbons (Fsp3) is 0.714. The van der Waals surface area contributed by atoms with Crippen LogP contribution in [0.5, 0.6) is 5.88 Å². The van der Waals surface area contributed by atoms with Crippen LogP contribution in [0, 0.1) is 5.92 Å². The van der Waals surface area contributed by atoms with Crippen molar-refractivity contribution in [2.24, 2.45) is 5.92 Å². The lowest BCUT2D eigenvalue weighted by Gasteiger charge is -2.46. The van der Waals surface area contributed by atoms with Gasteiger partial charge in [0.2, 0.25) is 11.8 Å². The highest BCUT2D eigenvalue weighted by Gasteiger charge is 2.36. The first-order valence-electron chi connectivity index (χ1n) is 7.10. The predicted molar refractivity (Wildman–Crippen MR) is 74.6 cm³/mol. The second kappa shape index (κ2) is 5.33. The molecule has 19 heavy (non-hydrogen) atoms. The zero-order valence-electron chi connectivity index (χ0n) is 11.7. The third-order valence-corrected chi connectivity index (χ3v) is 4.35. The minimum Gasteiger partial charge on any atom is -0.481 e. The highest BCUT2D eigenvalue weighted by atomic mass is 16.5. The molecule has 0 amide bonds. The second-order valence-electron chi connectivity index (χ2n) is 5.61. The predicted octanol–water partition coefficient (Wildman–Crippen LogP) is 1.41. The number of likely N-dealkylation sites (tertiary alicyclic amines) is 1. The number of rotatable bonds is 2. The maximum atomic E-state index is 5.21. The van der Waals surface area contributed by atoms with E-state index in [9.17, 15) is 0 Å². The summed E-state index contributed by atoms with van der Waals surface area (Å²) in [5.41, 5.74) is 0. The molecule has 0 unspecified atom stereocenters. The van der Waals surface area contributed by atoms with Crippen LogP contribution in [0.1, 0.15) is 19.3 Å². The largest absolute Gasteiger partial charge is 0.481 e. The first-order chi connectivity index (χ1) is 9.28. The Bertz CT molecular complexity index is 439. The molecule has 0 saturated carbocycles. The van der Waals surface area contributed by atoms with Gasteiger partial charge in [0.15, 0.2) is 0 Å². The number of aromatic nitrogens is 2. The lowest BCUT2D eigenvalue weighted by molar-refractivity contribution is 0.153. The summed E-state index contributed by atoms with van der Waals surface area (Å²) in [6.07, 6.45) is 5.56. The molecule has 5 heteroatoms. The monoisotopic (exact) mass is 262 g/mol. The summed E-state index contributed by atoms with van der Waals surface area (Å²) in [6.45, 7) is 3.44. The summed E-state index contributed by atoms with van der Waals surface area (Å²) in [4.78, 5) is 13.8. The summed E-state index contributed by atoms with van der Waals surface area (Å²) in [7, 11) is 3.87. The van der Waals surface area contributed by atoms with Crippen molar-refractivity contribution in [2.45, 2.75) is 25.3 Å². The molecule has 0 spiro atoms. The molecule has 1 aromatic heterocycles. The molecule has 5 nitrogen and oxygen atoms in total. The summed E-state index contributed by atoms with van der Waals surface area (Å²) in [6, 6.07) is 2.40. The zero-order valence-corrected chi connectivity index (χ0v) is 11.7. The van der Waals surface area contributed by atoms with Crippen LogP contribution < -0.4 is 9.64 Å². The molecule has 0 N–H and O–H groups in total. The van der Waals surface area contributed by atoms with Crippen LogP contribution in [-0.2, 0) is 0 Å². The molecule has 3 rings (SSSR count). The number of ether oxygens (including phenoxy) is 1. The minimum atomic E-state index is 0.594. The quantitative estimate of drug-likeness (QED) is 0.806. The molecule has 2 aliphatic heterocycles. The Balaban J connectivity index is 1.82. The standard InChI is InChI=1S/C14H22N4O/c1-17-9-6-12-11(10-17)4-3-8-18(12)14-15-7-5-13(16-14)19-2/h5,7,11-12H,3-4,6,8-10H2,1-2H3/t11-,12-/m0/s1.